The molecule has 1 aliphatic rings. The Morgan fingerprint density at radius 1 is 1.18 bits per heavy atom. The first-order valence-electron chi connectivity index (χ1n) is 6.12. The van der Waals surface area contributed by atoms with E-state index in [2.05, 4.69) is 6.07 Å². The molecule has 1 saturated carbocycles. The molecule has 1 aromatic rings. The maximum Gasteiger partial charge on any atom is 0.165 e. The zero-order valence-electron chi connectivity index (χ0n) is 9.73. The fourth-order valence-electron chi connectivity index (χ4n) is 2.27. The minimum atomic E-state index is -0.353. The van der Waals surface area contributed by atoms with Crippen LogP contribution in [0.2, 0.25) is 0 Å². The maximum atomic E-state index is 13.5. The fourth-order valence-corrected chi connectivity index (χ4v) is 2.27. The Hall–Kier alpha value is -1.56. The van der Waals surface area contributed by atoms with Crippen molar-refractivity contribution in [1.82, 2.24) is 0 Å². The van der Waals surface area contributed by atoms with Crippen LogP contribution in [0.15, 0.2) is 24.3 Å². The summed E-state index contributed by atoms with van der Waals surface area (Å²) >= 11 is 0. The van der Waals surface area contributed by atoms with Crippen LogP contribution in [0.5, 0.6) is 5.75 Å². The van der Waals surface area contributed by atoms with Gasteiger partial charge in [-0.3, -0.25) is 0 Å². The number of benzene rings is 1. The second-order valence-corrected chi connectivity index (χ2v) is 4.46. The van der Waals surface area contributed by atoms with E-state index in [4.69, 9.17) is 10.00 Å². The number of nitriles is 1. The summed E-state index contributed by atoms with van der Waals surface area (Å²) in [5.74, 6) is -0.204. The lowest BCUT2D eigenvalue weighted by atomic mass is 9.99. The molecule has 0 saturated heterocycles. The first-order valence-corrected chi connectivity index (χ1v) is 6.12. The zero-order valence-corrected chi connectivity index (χ0v) is 9.73. The number of para-hydroxylation sites is 1. The number of hydrogen-bond donors (Lipinski definition) is 0. The van der Waals surface area contributed by atoms with Gasteiger partial charge in [-0.15, -0.1) is 0 Å². The molecule has 2 atom stereocenters. The van der Waals surface area contributed by atoms with E-state index in [-0.39, 0.29) is 23.6 Å². The summed E-state index contributed by atoms with van der Waals surface area (Å²) in [5.41, 5.74) is 0. The summed E-state index contributed by atoms with van der Waals surface area (Å²) in [6, 6.07) is 8.67. The first kappa shape index (κ1) is 11.9. The molecule has 0 spiro atoms. The Morgan fingerprint density at radius 2 is 1.94 bits per heavy atom. The van der Waals surface area contributed by atoms with Crippen LogP contribution >= 0.6 is 0 Å². The van der Waals surface area contributed by atoms with Crippen LogP contribution in [-0.4, -0.2) is 6.10 Å². The average Bonchev–Trinajstić information content (AvgIpc) is 2.57. The van der Waals surface area contributed by atoms with Gasteiger partial charge in [-0.25, -0.2) is 4.39 Å². The predicted octanol–water partition coefficient (Wildman–Crippen LogP) is 3.68. The normalized spacial score (nSPS) is 24.7. The van der Waals surface area contributed by atoms with Crippen molar-refractivity contribution >= 4 is 0 Å². The van der Waals surface area contributed by atoms with Crippen molar-refractivity contribution in [1.29, 1.82) is 5.26 Å². The highest BCUT2D eigenvalue weighted by molar-refractivity contribution is 5.24. The van der Waals surface area contributed by atoms with Gasteiger partial charge in [0.1, 0.15) is 6.10 Å². The number of nitrogens with zero attached hydrogens (tertiary/aromatic N) is 1. The van der Waals surface area contributed by atoms with Gasteiger partial charge in [-0.05, 0) is 31.4 Å². The van der Waals surface area contributed by atoms with Gasteiger partial charge in [-0.2, -0.15) is 5.26 Å². The van der Waals surface area contributed by atoms with E-state index in [1.165, 1.54) is 6.07 Å². The van der Waals surface area contributed by atoms with Crippen molar-refractivity contribution in [3.63, 3.8) is 0 Å². The Kier molecular flexibility index (Phi) is 3.98. The largest absolute Gasteiger partial charge is 0.486 e. The first-order chi connectivity index (χ1) is 8.31. The summed E-state index contributed by atoms with van der Waals surface area (Å²) in [6.45, 7) is 0. The SMILES string of the molecule is N#CC1CCCCCC1Oc1ccccc1F. The molecule has 2 nitrogen and oxygen atoms in total. The molecule has 0 amide bonds. The van der Waals surface area contributed by atoms with Gasteiger partial charge in [0.25, 0.3) is 0 Å². The van der Waals surface area contributed by atoms with Crippen LogP contribution in [0.3, 0.4) is 0 Å². The predicted molar refractivity (Wildman–Crippen MR) is 63.0 cm³/mol. The molecule has 0 heterocycles. The molecule has 1 aliphatic carbocycles. The summed E-state index contributed by atoms with van der Waals surface area (Å²) in [7, 11) is 0. The lowest BCUT2D eigenvalue weighted by molar-refractivity contribution is 0.145. The minimum Gasteiger partial charge on any atom is -0.486 e. The molecule has 17 heavy (non-hydrogen) atoms. The van der Waals surface area contributed by atoms with Crippen LogP contribution in [-0.2, 0) is 0 Å². The van der Waals surface area contributed by atoms with Crippen molar-refractivity contribution in [2.45, 2.75) is 38.2 Å². The molecular weight excluding hydrogens is 217 g/mol. The van der Waals surface area contributed by atoms with Crippen LogP contribution in [0.1, 0.15) is 32.1 Å². The molecule has 2 unspecified atom stereocenters. The highest BCUT2D eigenvalue weighted by Crippen LogP contribution is 2.28. The van der Waals surface area contributed by atoms with Crippen LogP contribution in [0.25, 0.3) is 0 Å². The van der Waals surface area contributed by atoms with Gasteiger partial charge < -0.3 is 4.74 Å². The Bertz CT molecular complexity index is 413. The number of ether oxygens (including phenoxy) is 1. The second-order valence-electron chi connectivity index (χ2n) is 4.46. The van der Waals surface area contributed by atoms with Gasteiger partial charge in [0.05, 0.1) is 12.0 Å². The highest BCUT2D eigenvalue weighted by atomic mass is 19.1. The molecule has 1 aromatic carbocycles. The number of hydrogen-bond acceptors (Lipinski definition) is 2. The Labute approximate surface area is 101 Å². The van der Waals surface area contributed by atoms with E-state index in [1.807, 2.05) is 0 Å². The minimum absolute atomic E-state index is 0.114. The Morgan fingerprint density at radius 3 is 2.71 bits per heavy atom. The quantitative estimate of drug-likeness (QED) is 0.730. The van der Waals surface area contributed by atoms with E-state index in [1.54, 1.807) is 18.2 Å². The molecule has 0 radical (unpaired) electrons. The summed E-state index contributed by atoms with van der Waals surface area (Å²) in [5, 5.41) is 9.11. The molecular formula is C14H16FNO. The standard InChI is InChI=1S/C14H16FNO/c15-12-7-4-5-9-14(12)17-13-8-3-1-2-6-11(13)10-16/h4-5,7,9,11,13H,1-3,6,8H2. The third-order valence-electron chi connectivity index (χ3n) is 3.23. The fraction of sp³-hybridized carbons (Fsp3) is 0.500. The summed E-state index contributed by atoms with van der Waals surface area (Å²) in [6.07, 6.45) is 4.78. The van der Waals surface area contributed by atoms with E-state index >= 15 is 0 Å². The third kappa shape index (κ3) is 2.97. The maximum absolute atomic E-state index is 13.5. The third-order valence-corrected chi connectivity index (χ3v) is 3.23. The average molecular weight is 233 g/mol. The smallest absolute Gasteiger partial charge is 0.165 e. The van der Waals surface area contributed by atoms with Crippen molar-refractivity contribution in [2.75, 3.05) is 0 Å². The topological polar surface area (TPSA) is 33.0 Å². The number of rotatable bonds is 2. The molecule has 1 fully saturated rings. The Balaban J connectivity index is 2.10. The second kappa shape index (κ2) is 5.67. The molecule has 3 heteroatoms. The van der Waals surface area contributed by atoms with Gasteiger partial charge >= 0.3 is 0 Å². The van der Waals surface area contributed by atoms with Crippen molar-refractivity contribution in [3.05, 3.63) is 30.1 Å². The lowest BCUT2D eigenvalue weighted by Crippen LogP contribution is -2.25. The highest BCUT2D eigenvalue weighted by Gasteiger charge is 2.25. The molecule has 2 rings (SSSR count). The van der Waals surface area contributed by atoms with Crippen molar-refractivity contribution in [2.24, 2.45) is 5.92 Å². The molecule has 0 N–H and O–H groups in total. The molecule has 0 bridgehead atoms. The monoisotopic (exact) mass is 233 g/mol. The van der Waals surface area contributed by atoms with Crippen LogP contribution < -0.4 is 4.74 Å². The van der Waals surface area contributed by atoms with Crippen LogP contribution in [0.4, 0.5) is 4.39 Å². The molecule has 0 aliphatic heterocycles. The van der Waals surface area contributed by atoms with Crippen molar-refractivity contribution < 1.29 is 9.13 Å². The summed E-state index contributed by atoms with van der Waals surface area (Å²) < 4.78 is 19.1. The van der Waals surface area contributed by atoms with Gasteiger partial charge in [0.2, 0.25) is 0 Å². The lowest BCUT2D eigenvalue weighted by Gasteiger charge is -2.21. The van der Waals surface area contributed by atoms with E-state index < -0.39 is 0 Å². The van der Waals surface area contributed by atoms with Crippen molar-refractivity contribution in [3.8, 4) is 11.8 Å². The van der Waals surface area contributed by atoms with Gasteiger partial charge in [0.15, 0.2) is 11.6 Å². The number of halogens is 1. The van der Waals surface area contributed by atoms with E-state index in [9.17, 15) is 4.39 Å². The zero-order chi connectivity index (χ0) is 12.1. The molecule has 0 aromatic heterocycles. The summed E-state index contributed by atoms with van der Waals surface area (Å²) in [4.78, 5) is 0. The van der Waals surface area contributed by atoms with Crippen LogP contribution in [0, 0.1) is 23.1 Å². The van der Waals surface area contributed by atoms with Gasteiger partial charge in [0, 0.05) is 0 Å². The van der Waals surface area contributed by atoms with E-state index in [0.29, 0.717) is 0 Å². The molecule has 90 valence electrons. The van der Waals surface area contributed by atoms with Gasteiger partial charge in [-0.1, -0.05) is 25.0 Å². The van der Waals surface area contributed by atoms with E-state index in [0.717, 1.165) is 32.1 Å².